The number of para-hydroxylation sites is 1. The van der Waals surface area contributed by atoms with Crippen LogP contribution in [0.25, 0.3) is 11.1 Å². The zero-order valence-electron chi connectivity index (χ0n) is 17.3. The quantitative estimate of drug-likeness (QED) is 0.341. The molecule has 1 amide bonds. The average Bonchev–Trinajstić information content (AvgIpc) is 3.32. The molecule has 0 fully saturated rings. The van der Waals surface area contributed by atoms with Crippen molar-refractivity contribution in [1.29, 1.82) is 0 Å². The Balaban J connectivity index is 1.47. The van der Waals surface area contributed by atoms with Crippen LogP contribution in [0.15, 0.2) is 102 Å². The first-order chi connectivity index (χ1) is 15.7. The van der Waals surface area contributed by atoms with E-state index in [9.17, 15) is 4.79 Å². The van der Waals surface area contributed by atoms with Crippen molar-refractivity contribution in [2.24, 2.45) is 0 Å². The van der Waals surface area contributed by atoms with Crippen molar-refractivity contribution in [1.82, 2.24) is 0 Å². The largest absolute Gasteiger partial charge is 0.491 e. The van der Waals surface area contributed by atoms with Gasteiger partial charge in [-0.3, -0.25) is 4.79 Å². The first-order valence-electron chi connectivity index (χ1n) is 10.7. The Kier molecular flexibility index (Phi) is 4.44. The highest BCUT2D eigenvalue weighted by Gasteiger charge is 2.56. The first-order valence-corrected chi connectivity index (χ1v) is 11.5. The van der Waals surface area contributed by atoms with Crippen molar-refractivity contribution in [3.8, 4) is 16.9 Å². The highest BCUT2D eigenvalue weighted by Crippen LogP contribution is 2.53. The Hall–Kier alpha value is -3.37. The molecule has 1 atom stereocenters. The number of carbonyl (C=O) groups is 1. The van der Waals surface area contributed by atoms with Crippen LogP contribution >= 0.6 is 15.9 Å². The molecule has 0 radical (unpaired) electrons. The lowest BCUT2D eigenvalue weighted by Gasteiger charge is -2.24. The molecule has 0 saturated carbocycles. The van der Waals surface area contributed by atoms with Gasteiger partial charge in [-0.05, 0) is 40.5 Å². The lowest BCUT2D eigenvalue weighted by Crippen LogP contribution is -2.42. The normalized spacial score (nSPS) is 18.5. The van der Waals surface area contributed by atoms with Crippen LogP contribution in [0.4, 0.5) is 5.69 Å². The summed E-state index contributed by atoms with van der Waals surface area (Å²) >= 11 is 3.52. The number of halogens is 1. The lowest BCUT2D eigenvalue weighted by atomic mass is 9.77. The third-order valence-electron chi connectivity index (χ3n) is 6.54. The topological polar surface area (TPSA) is 29.5 Å². The molecule has 4 aromatic rings. The molecular weight excluding hydrogens is 462 g/mol. The van der Waals surface area contributed by atoms with Gasteiger partial charge >= 0.3 is 0 Å². The minimum atomic E-state index is -0.797. The number of benzene rings is 4. The van der Waals surface area contributed by atoms with Gasteiger partial charge in [0.05, 0.1) is 6.54 Å². The number of hydrogen-bond donors (Lipinski definition) is 0. The minimum absolute atomic E-state index is 0.0719. The summed E-state index contributed by atoms with van der Waals surface area (Å²) in [6, 6.07) is 32.7. The third kappa shape index (κ3) is 2.76. The van der Waals surface area contributed by atoms with E-state index >= 15 is 0 Å². The smallest absolute Gasteiger partial charge is 0.246 e. The van der Waals surface area contributed by atoms with Crippen molar-refractivity contribution in [2.75, 3.05) is 11.5 Å². The zero-order valence-corrected chi connectivity index (χ0v) is 18.9. The van der Waals surface area contributed by atoms with Gasteiger partial charge in [0.25, 0.3) is 0 Å². The van der Waals surface area contributed by atoms with E-state index in [1.165, 1.54) is 0 Å². The number of ether oxygens (including phenoxy) is 1. The van der Waals surface area contributed by atoms with Crippen molar-refractivity contribution >= 4 is 27.5 Å². The molecule has 0 bridgehead atoms. The molecule has 2 aliphatic heterocycles. The van der Waals surface area contributed by atoms with Gasteiger partial charge in [0.1, 0.15) is 17.8 Å². The molecule has 0 aromatic heterocycles. The van der Waals surface area contributed by atoms with Crippen LogP contribution in [0, 0.1) is 0 Å². The number of fused-ring (bicyclic) bond motifs is 4. The van der Waals surface area contributed by atoms with Gasteiger partial charge in [-0.2, -0.15) is 0 Å². The van der Waals surface area contributed by atoms with Crippen molar-refractivity contribution < 1.29 is 9.53 Å². The van der Waals surface area contributed by atoms with Gasteiger partial charge in [0.15, 0.2) is 0 Å². The van der Waals surface area contributed by atoms with E-state index in [1.807, 2.05) is 71.6 Å². The minimum Gasteiger partial charge on any atom is -0.491 e. The summed E-state index contributed by atoms with van der Waals surface area (Å²) in [5.41, 5.74) is 5.53. The summed E-state index contributed by atoms with van der Waals surface area (Å²) in [5.74, 6) is 0.844. The molecule has 4 heteroatoms. The Bertz CT molecular complexity index is 1350. The Morgan fingerprint density at radius 1 is 0.844 bits per heavy atom. The third-order valence-corrected chi connectivity index (χ3v) is 7.04. The van der Waals surface area contributed by atoms with E-state index in [0.717, 1.165) is 43.7 Å². The maximum absolute atomic E-state index is 14.1. The van der Waals surface area contributed by atoms with E-state index in [2.05, 4.69) is 46.3 Å². The molecule has 0 N–H and O–H groups in total. The second kappa shape index (κ2) is 7.35. The standard InChI is InChI=1S/C28H20BrNO2/c29-21-14-15-24-26(16-21)32-18-28(24)23-12-6-7-13-25(23)30(27(28)31)17-20-10-4-5-11-22(20)19-8-2-1-3-9-19/h1-16H,17-18H2. The van der Waals surface area contributed by atoms with Crippen LogP contribution in [0.3, 0.4) is 0 Å². The summed E-state index contributed by atoms with van der Waals surface area (Å²) in [4.78, 5) is 16.0. The highest BCUT2D eigenvalue weighted by atomic mass is 79.9. The molecule has 4 aromatic carbocycles. The Morgan fingerprint density at radius 2 is 1.59 bits per heavy atom. The van der Waals surface area contributed by atoms with Gasteiger partial charge in [0.2, 0.25) is 5.91 Å². The summed E-state index contributed by atoms with van der Waals surface area (Å²) in [6.45, 7) is 0.833. The fraction of sp³-hybridized carbons (Fsp3) is 0.107. The molecule has 0 saturated heterocycles. The molecule has 156 valence electrons. The van der Waals surface area contributed by atoms with E-state index in [0.29, 0.717) is 13.2 Å². The number of anilines is 1. The first kappa shape index (κ1) is 19.3. The highest BCUT2D eigenvalue weighted by molar-refractivity contribution is 9.10. The van der Waals surface area contributed by atoms with Crippen molar-refractivity contribution in [3.05, 3.63) is 118 Å². The maximum Gasteiger partial charge on any atom is 0.246 e. The lowest BCUT2D eigenvalue weighted by molar-refractivity contribution is -0.122. The Labute approximate surface area is 195 Å². The Morgan fingerprint density at radius 3 is 2.47 bits per heavy atom. The van der Waals surface area contributed by atoms with Gasteiger partial charge in [-0.15, -0.1) is 0 Å². The maximum atomic E-state index is 14.1. The predicted octanol–water partition coefficient (Wildman–Crippen LogP) is 6.34. The van der Waals surface area contributed by atoms with E-state index in [1.54, 1.807) is 0 Å². The number of amides is 1. The number of nitrogens with zero attached hydrogens (tertiary/aromatic N) is 1. The summed E-state index contributed by atoms with van der Waals surface area (Å²) < 4.78 is 7.00. The molecule has 0 aliphatic carbocycles. The van der Waals surface area contributed by atoms with Gasteiger partial charge in [0, 0.05) is 15.7 Å². The summed E-state index contributed by atoms with van der Waals surface area (Å²) in [6.07, 6.45) is 0. The molecule has 6 rings (SSSR count). The SMILES string of the molecule is O=C1N(Cc2ccccc2-c2ccccc2)c2ccccc2C12COc1cc(Br)ccc12. The number of carbonyl (C=O) groups excluding carboxylic acids is 1. The molecular formula is C28H20BrNO2. The number of hydrogen-bond acceptors (Lipinski definition) is 2. The van der Waals surface area contributed by atoms with Gasteiger partial charge in [-0.25, -0.2) is 0 Å². The predicted molar refractivity (Wildman–Crippen MR) is 130 cm³/mol. The van der Waals surface area contributed by atoms with Crippen LogP contribution in [-0.4, -0.2) is 12.5 Å². The molecule has 32 heavy (non-hydrogen) atoms. The molecule has 1 spiro atoms. The second-order valence-electron chi connectivity index (χ2n) is 8.27. The van der Waals surface area contributed by atoms with Crippen LogP contribution in [0.5, 0.6) is 5.75 Å². The van der Waals surface area contributed by atoms with Crippen LogP contribution in [0.2, 0.25) is 0 Å². The fourth-order valence-electron chi connectivity index (χ4n) is 5.04. The van der Waals surface area contributed by atoms with Gasteiger partial charge < -0.3 is 9.64 Å². The van der Waals surface area contributed by atoms with Crippen LogP contribution in [0.1, 0.15) is 16.7 Å². The molecule has 2 heterocycles. The van der Waals surface area contributed by atoms with Crippen LogP contribution < -0.4 is 9.64 Å². The van der Waals surface area contributed by atoms with Gasteiger partial charge in [-0.1, -0.05) is 94.8 Å². The monoisotopic (exact) mass is 481 g/mol. The number of rotatable bonds is 3. The molecule has 2 aliphatic rings. The van der Waals surface area contributed by atoms with E-state index in [4.69, 9.17) is 4.74 Å². The fourth-order valence-corrected chi connectivity index (χ4v) is 5.38. The zero-order chi connectivity index (χ0) is 21.7. The van der Waals surface area contributed by atoms with E-state index < -0.39 is 5.41 Å². The molecule has 1 unspecified atom stereocenters. The van der Waals surface area contributed by atoms with Crippen molar-refractivity contribution in [2.45, 2.75) is 12.0 Å². The van der Waals surface area contributed by atoms with E-state index in [-0.39, 0.29) is 5.91 Å². The summed E-state index contributed by atoms with van der Waals surface area (Å²) in [7, 11) is 0. The second-order valence-corrected chi connectivity index (χ2v) is 9.18. The van der Waals surface area contributed by atoms with Crippen molar-refractivity contribution in [3.63, 3.8) is 0 Å². The molecule has 3 nitrogen and oxygen atoms in total. The summed E-state index contributed by atoms with van der Waals surface area (Å²) in [5, 5.41) is 0. The average molecular weight is 482 g/mol. The van der Waals surface area contributed by atoms with Crippen LogP contribution in [-0.2, 0) is 16.8 Å².